The molecular weight excluding hydrogens is 302 g/mol. The van der Waals surface area contributed by atoms with Crippen LogP contribution < -0.4 is 10.5 Å². The Morgan fingerprint density at radius 3 is 2.62 bits per heavy atom. The number of ketones is 1. The van der Waals surface area contributed by atoms with E-state index in [0.717, 1.165) is 11.1 Å². The molecule has 0 heterocycles. The molecule has 0 amide bonds. The average Bonchev–Trinajstić information content (AvgIpc) is 2.57. The van der Waals surface area contributed by atoms with Crippen molar-refractivity contribution >= 4 is 17.5 Å². The first kappa shape index (κ1) is 17.3. The molecule has 0 unspecified atom stereocenters. The third kappa shape index (κ3) is 4.26. The first-order valence-corrected chi connectivity index (χ1v) is 7.72. The first-order chi connectivity index (χ1) is 11.5. The molecule has 0 radical (unpaired) electrons. The zero-order chi connectivity index (χ0) is 17.5. The molecule has 0 aromatic heterocycles. The van der Waals surface area contributed by atoms with E-state index in [4.69, 9.17) is 10.5 Å². The van der Waals surface area contributed by atoms with Crippen LogP contribution in [0.5, 0.6) is 11.5 Å². The number of carbonyl (C=O) groups excluding carboxylic acids is 1. The Balaban J connectivity index is 2.31. The highest BCUT2D eigenvalue weighted by Gasteiger charge is 2.09. The number of allylic oxidation sites excluding steroid dienone is 2. The average molecular weight is 323 g/mol. The first-order valence-electron chi connectivity index (χ1n) is 7.72. The third-order valence-corrected chi connectivity index (χ3v) is 3.48. The molecule has 4 nitrogen and oxygen atoms in total. The summed E-state index contributed by atoms with van der Waals surface area (Å²) in [4.78, 5) is 12.2. The number of nitrogen functional groups attached to an aromatic ring is 1. The Kier molecular flexibility index (Phi) is 5.79. The maximum Gasteiger partial charge on any atom is 0.185 e. The van der Waals surface area contributed by atoms with Crippen LogP contribution in [0.1, 0.15) is 28.4 Å². The molecule has 4 heteroatoms. The van der Waals surface area contributed by atoms with Crippen LogP contribution in [-0.4, -0.2) is 17.5 Å². The van der Waals surface area contributed by atoms with Gasteiger partial charge in [0, 0.05) is 22.9 Å². The second-order valence-corrected chi connectivity index (χ2v) is 5.26. The summed E-state index contributed by atoms with van der Waals surface area (Å²) < 4.78 is 5.54. The molecule has 2 aromatic carbocycles. The van der Waals surface area contributed by atoms with Gasteiger partial charge in [-0.25, -0.2) is 0 Å². The number of hydrogen-bond acceptors (Lipinski definition) is 4. The Labute approximate surface area is 141 Å². The molecule has 0 atom stereocenters. The van der Waals surface area contributed by atoms with Crippen molar-refractivity contribution in [3.8, 4) is 11.5 Å². The highest BCUT2D eigenvalue weighted by Crippen LogP contribution is 2.30. The van der Waals surface area contributed by atoms with Gasteiger partial charge >= 0.3 is 0 Å². The maximum absolute atomic E-state index is 12.2. The van der Waals surface area contributed by atoms with Gasteiger partial charge in [-0.05, 0) is 61.4 Å². The molecular formula is C20H21NO3. The molecule has 0 saturated carbocycles. The summed E-state index contributed by atoms with van der Waals surface area (Å²) >= 11 is 0. The Morgan fingerprint density at radius 1 is 1.29 bits per heavy atom. The third-order valence-electron chi connectivity index (χ3n) is 3.48. The summed E-state index contributed by atoms with van der Waals surface area (Å²) in [5.74, 6) is 0.556. The van der Waals surface area contributed by atoms with E-state index in [0.29, 0.717) is 30.0 Å². The lowest BCUT2D eigenvalue weighted by Gasteiger charge is -2.11. The number of aromatic hydroxyl groups is 1. The number of nitrogens with two attached hydrogens (primary N) is 1. The van der Waals surface area contributed by atoms with E-state index in [1.165, 1.54) is 6.08 Å². The zero-order valence-corrected chi connectivity index (χ0v) is 13.7. The van der Waals surface area contributed by atoms with Gasteiger partial charge in [0.05, 0.1) is 6.61 Å². The molecule has 0 fully saturated rings. The SMILES string of the molecule is C=CCc1cc(/C=C/C(=O)c2ccc(N)cc2)c(OCC)cc1O. The summed E-state index contributed by atoms with van der Waals surface area (Å²) in [6.45, 7) is 6.01. The number of carbonyl (C=O) groups is 1. The summed E-state index contributed by atoms with van der Waals surface area (Å²) in [7, 11) is 0. The van der Waals surface area contributed by atoms with Crippen LogP contribution in [0, 0.1) is 0 Å². The van der Waals surface area contributed by atoms with E-state index in [1.807, 2.05) is 6.92 Å². The minimum Gasteiger partial charge on any atom is -0.508 e. The van der Waals surface area contributed by atoms with Crippen molar-refractivity contribution in [2.24, 2.45) is 0 Å². The van der Waals surface area contributed by atoms with E-state index in [-0.39, 0.29) is 11.5 Å². The number of hydrogen-bond donors (Lipinski definition) is 2. The molecule has 0 bridgehead atoms. The van der Waals surface area contributed by atoms with E-state index < -0.39 is 0 Å². The molecule has 24 heavy (non-hydrogen) atoms. The molecule has 0 aliphatic heterocycles. The van der Waals surface area contributed by atoms with Crippen molar-refractivity contribution in [2.45, 2.75) is 13.3 Å². The number of anilines is 1. The topological polar surface area (TPSA) is 72.6 Å². The predicted molar refractivity (Wildman–Crippen MR) is 97.4 cm³/mol. The second-order valence-electron chi connectivity index (χ2n) is 5.26. The van der Waals surface area contributed by atoms with Gasteiger partial charge in [0.25, 0.3) is 0 Å². The van der Waals surface area contributed by atoms with Crippen molar-refractivity contribution in [2.75, 3.05) is 12.3 Å². The van der Waals surface area contributed by atoms with E-state index in [1.54, 1.807) is 48.6 Å². The summed E-state index contributed by atoms with van der Waals surface area (Å²) in [6.07, 6.45) is 5.42. The van der Waals surface area contributed by atoms with Crippen LogP contribution in [0.25, 0.3) is 6.08 Å². The van der Waals surface area contributed by atoms with E-state index >= 15 is 0 Å². The minimum atomic E-state index is -0.129. The van der Waals surface area contributed by atoms with Crippen molar-refractivity contribution in [3.63, 3.8) is 0 Å². The van der Waals surface area contributed by atoms with Gasteiger partial charge in [-0.15, -0.1) is 6.58 Å². The quantitative estimate of drug-likeness (QED) is 0.350. The van der Waals surface area contributed by atoms with Gasteiger partial charge in [0.15, 0.2) is 5.78 Å². The lowest BCUT2D eigenvalue weighted by atomic mass is 10.0. The zero-order valence-electron chi connectivity index (χ0n) is 13.7. The number of benzene rings is 2. The fraction of sp³-hybridized carbons (Fsp3) is 0.150. The molecule has 2 aromatic rings. The van der Waals surface area contributed by atoms with E-state index in [9.17, 15) is 9.90 Å². The highest BCUT2D eigenvalue weighted by molar-refractivity contribution is 6.07. The summed E-state index contributed by atoms with van der Waals surface area (Å²) in [5, 5.41) is 10.0. The van der Waals surface area contributed by atoms with Crippen molar-refractivity contribution in [1.29, 1.82) is 0 Å². The Hall–Kier alpha value is -3.01. The fourth-order valence-electron chi connectivity index (χ4n) is 2.27. The van der Waals surface area contributed by atoms with E-state index in [2.05, 4.69) is 6.58 Å². The molecule has 0 aliphatic carbocycles. The van der Waals surface area contributed by atoms with Crippen LogP contribution in [0.15, 0.2) is 55.1 Å². The molecule has 3 N–H and O–H groups in total. The largest absolute Gasteiger partial charge is 0.508 e. The molecule has 0 spiro atoms. The minimum absolute atomic E-state index is 0.129. The Bertz CT molecular complexity index is 761. The number of rotatable bonds is 7. The monoisotopic (exact) mass is 323 g/mol. The van der Waals surface area contributed by atoms with Gasteiger partial charge < -0.3 is 15.6 Å². The maximum atomic E-state index is 12.2. The second kappa shape index (κ2) is 8.02. The molecule has 0 saturated heterocycles. The number of ether oxygens (including phenoxy) is 1. The van der Waals surface area contributed by atoms with Gasteiger partial charge in [-0.2, -0.15) is 0 Å². The molecule has 124 valence electrons. The van der Waals surface area contributed by atoms with Crippen LogP contribution in [-0.2, 0) is 6.42 Å². The van der Waals surface area contributed by atoms with Crippen LogP contribution in [0.4, 0.5) is 5.69 Å². The van der Waals surface area contributed by atoms with Gasteiger partial charge in [-0.1, -0.05) is 6.08 Å². The smallest absolute Gasteiger partial charge is 0.185 e. The van der Waals surface area contributed by atoms with Gasteiger partial charge in [0.2, 0.25) is 0 Å². The lowest BCUT2D eigenvalue weighted by Crippen LogP contribution is -1.97. The van der Waals surface area contributed by atoms with Crippen LogP contribution in [0.2, 0.25) is 0 Å². The standard InChI is InChI=1S/C20H21NO3/c1-3-5-15-12-16(20(24-4-2)13-19(15)23)8-11-18(22)14-6-9-17(21)10-7-14/h3,6-13,23H,1,4-5,21H2,2H3/b11-8+. The highest BCUT2D eigenvalue weighted by atomic mass is 16.5. The predicted octanol–water partition coefficient (Wildman–Crippen LogP) is 4.00. The van der Waals surface area contributed by atoms with Crippen LogP contribution >= 0.6 is 0 Å². The number of phenolic OH excluding ortho intramolecular Hbond substituents is 1. The van der Waals surface area contributed by atoms with Crippen molar-refractivity contribution in [1.82, 2.24) is 0 Å². The van der Waals surface area contributed by atoms with Crippen molar-refractivity contribution < 1.29 is 14.6 Å². The Morgan fingerprint density at radius 2 is 2.00 bits per heavy atom. The number of phenols is 1. The fourth-order valence-corrected chi connectivity index (χ4v) is 2.27. The van der Waals surface area contributed by atoms with Crippen LogP contribution in [0.3, 0.4) is 0 Å². The van der Waals surface area contributed by atoms with Crippen molar-refractivity contribution in [3.05, 3.63) is 71.8 Å². The summed E-state index contributed by atoms with van der Waals surface area (Å²) in [6, 6.07) is 10.1. The van der Waals surface area contributed by atoms with Gasteiger partial charge in [0.1, 0.15) is 11.5 Å². The summed E-state index contributed by atoms with van der Waals surface area (Å²) in [5.41, 5.74) is 8.26. The van der Waals surface area contributed by atoms with Gasteiger partial charge in [-0.3, -0.25) is 4.79 Å². The lowest BCUT2D eigenvalue weighted by molar-refractivity contribution is 0.104. The normalized spacial score (nSPS) is 10.7. The molecule has 2 rings (SSSR count). The molecule has 0 aliphatic rings.